The molecule has 8 heteroatoms. The molecule has 0 saturated carbocycles. The van der Waals surface area contributed by atoms with Crippen LogP contribution in [0.3, 0.4) is 0 Å². The fraction of sp³-hybridized carbons (Fsp3) is 0.500. The molecule has 0 bridgehead atoms. The first-order valence-electron chi connectivity index (χ1n) is 2.85. The monoisotopic (exact) mass is 183 g/mol. The van der Waals surface area contributed by atoms with Gasteiger partial charge in [0.2, 0.25) is 0 Å². The predicted octanol–water partition coefficient (Wildman–Crippen LogP) is 0.444. The molecule has 0 saturated heterocycles. The zero-order valence-electron chi connectivity index (χ0n) is 5.63. The second kappa shape index (κ2) is 2.54. The van der Waals surface area contributed by atoms with Gasteiger partial charge in [-0.3, -0.25) is 0 Å². The SMILES string of the molecule is O=[N+]([O-])C1=CNCN1C(F)(F)F. The van der Waals surface area contributed by atoms with Gasteiger partial charge >= 0.3 is 12.1 Å². The Morgan fingerprint density at radius 2 is 2.25 bits per heavy atom. The van der Waals surface area contributed by atoms with Gasteiger partial charge < -0.3 is 15.4 Å². The lowest BCUT2D eigenvalue weighted by Crippen LogP contribution is -2.39. The summed E-state index contributed by atoms with van der Waals surface area (Å²) in [5, 5.41) is 12.1. The van der Waals surface area contributed by atoms with Gasteiger partial charge in [0.1, 0.15) is 0 Å². The fourth-order valence-electron chi connectivity index (χ4n) is 0.758. The molecule has 1 aliphatic heterocycles. The first-order valence-corrected chi connectivity index (χ1v) is 2.85. The molecule has 0 amide bonds. The van der Waals surface area contributed by atoms with E-state index in [4.69, 9.17) is 0 Å². The molecule has 0 aromatic carbocycles. The molecule has 0 aliphatic carbocycles. The number of hydrogen-bond donors (Lipinski definition) is 1. The highest BCUT2D eigenvalue weighted by atomic mass is 19.4. The Morgan fingerprint density at radius 1 is 1.67 bits per heavy atom. The largest absolute Gasteiger partial charge is 0.564 e. The summed E-state index contributed by atoms with van der Waals surface area (Å²) in [6.07, 6.45) is -3.99. The summed E-state index contributed by atoms with van der Waals surface area (Å²) in [7, 11) is 0. The first kappa shape index (κ1) is 8.62. The van der Waals surface area contributed by atoms with E-state index in [-0.39, 0.29) is 4.90 Å². The van der Waals surface area contributed by atoms with E-state index in [1.54, 1.807) is 0 Å². The van der Waals surface area contributed by atoms with Gasteiger partial charge in [-0.25, -0.2) is 0 Å². The van der Waals surface area contributed by atoms with Crippen LogP contribution in [0.1, 0.15) is 0 Å². The zero-order chi connectivity index (χ0) is 9.35. The molecule has 5 nitrogen and oxygen atoms in total. The van der Waals surface area contributed by atoms with Crippen LogP contribution in [-0.2, 0) is 0 Å². The van der Waals surface area contributed by atoms with Gasteiger partial charge in [0.25, 0.3) is 0 Å². The molecule has 0 fully saturated rings. The van der Waals surface area contributed by atoms with Crippen molar-refractivity contribution in [3.05, 3.63) is 22.1 Å². The van der Waals surface area contributed by atoms with Crippen molar-refractivity contribution in [2.24, 2.45) is 0 Å². The molecule has 68 valence electrons. The van der Waals surface area contributed by atoms with E-state index in [0.29, 0.717) is 6.20 Å². The molecule has 1 heterocycles. The zero-order valence-corrected chi connectivity index (χ0v) is 5.63. The first-order chi connectivity index (χ1) is 5.43. The molecule has 1 N–H and O–H groups in total. The maximum absolute atomic E-state index is 11.9. The van der Waals surface area contributed by atoms with E-state index >= 15 is 0 Å². The number of halogens is 3. The third-order valence-corrected chi connectivity index (χ3v) is 1.25. The highest BCUT2D eigenvalue weighted by Crippen LogP contribution is 2.26. The second-order valence-electron chi connectivity index (χ2n) is 2.02. The fourth-order valence-corrected chi connectivity index (χ4v) is 0.758. The lowest BCUT2D eigenvalue weighted by Gasteiger charge is -2.14. The minimum atomic E-state index is -4.71. The smallest absolute Gasteiger partial charge is 0.358 e. The number of nitro groups is 1. The topological polar surface area (TPSA) is 58.4 Å². The van der Waals surface area contributed by atoms with E-state index in [1.165, 1.54) is 0 Å². The number of rotatable bonds is 1. The van der Waals surface area contributed by atoms with Crippen LogP contribution >= 0.6 is 0 Å². The third kappa shape index (κ3) is 1.41. The number of nitrogens with zero attached hydrogens (tertiary/aromatic N) is 2. The second-order valence-corrected chi connectivity index (χ2v) is 2.02. The van der Waals surface area contributed by atoms with Crippen molar-refractivity contribution in [1.29, 1.82) is 0 Å². The Morgan fingerprint density at radius 3 is 2.58 bits per heavy atom. The van der Waals surface area contributed by atoms with Gasteiger partial charge in [0.15, 0.2) is 6.67 Å². The molecule has 1 aliphatic rings. The van der Waals surface area contributed by atoms with Gasteiger partial charge in [-0.15, -0.1) is 18.1 Å². The maximum atomic E-state index is 11.9. The van der Waals surface area contributed by atoms with Crippen LogP contribution in [0.4, 0.5) is 13.2 Å². The molecule has 0 atom stereocenters. The summed E-state index contributed by atoms with van der Waals surface area (Å²) in [5.74, 6) is -0.984. The molecule has 12 heavy (non-hydrogen) atoms. The van der Waals surface area contributed by atoms with E-state index in [9.17, 15) is 23.3 Å². The van der Waals surface area contributed by atoms with Crippen molar-refractivity contribution in [1.82, 2.24) is 10.2 Å². The van der Waals surface area contributed by atoms with Crippen LogP contribution in [0.5, 0.6) is 0 Å². The van der Waals surface area contributed by atoms with Crippen molar-refractivity contribution >= 4 is 0 Å². The van der Waals surface area contributed by atoms with Crippen molar-refractivity contribution in [3.8, 4) is 0 Å². The molecule has 0 radical (unpaired) electrons. The Kier molecular flexibility index (Phi) is 1.82. The molecule has 0 unspecified atom stereocenters. The van der Waals surface area contributed by atoms with Crippen LogP contribution in [0.25, 0.3) is 0 Å². The summed E-state index contributed by atoms with van der Waals surface area (Å²) < 4.78 is 35.7. The van der Waals surface area contributed by atoms with Crippen LogP contribution in [0.15, 0.2) is 12.0 Å². The highest BCUT2D eigenvalue weighted by molar-refractivity contribution is 4.97. The molecule has 0 aromatic heterocycles. The lowest BCUT2D eigenvalue weighted by atomic mass is 10.7. The highest BCUT2D eigenvalue weighted by Gasteiger charge is 2.49. The standard InChI is InChI=1S/C4H4F3N3O2/c5-4(6,7)9-2-8-1-3(9)10(11)12/h1,8H,2H2. The molecule has 1 rings (SSSR count). The summed E-state index contributed by atoms with van der Waals surface area (Å²) >= 11 is 0. The van der Waals surface area contributed by atoms with Crippen molar-refractivity contribution in [2.45, 2.75) is 6.30 Å². The van der Waals surface area contributed by atoms with Gasteiger partial charge in [0.05, 0.1) is 6.20 Å². The average molecular weight is 183 g/mol. The van der Waals surface area contributed by atoms with Gasteiger partial charge in [-0.05, 0) is 4.92 Å². The average Bonchev–Trinajstić information content (AvgIpc) is 2.30. The van der Waals surface area contributed by atoms with E-state index < -0.39 is 23.7 Å². The van der Waals surface area contributed by atoms with Gasteiger partial charge in [-0.1, -0.05) is 0 Å². The van der Waals surface area contributed by atoms with Gasteiger partial charge in [0, 0.05) is 0 Å². The van der Waals surface area contributed by atoms with E-state index in [1.807, 2.05) is 0 Å². The normalized spacial score (nSPS) is 17.2. The van der Waals surface area contributed by atoms with Crippen LogP contribution in [-0.4, -0.2) is 22.8 Å². The summed E-state index contributed by atoms with van der Waals surface area (Å²) in [6.45, 7) is -0.611. The van der Waals surface area contributed by atoms with E-state index in [2.05, 4.69) is 5.32 Å². The summed E-state index contributed by atoms with van der Waals surface area (Å²) in [4.78, 5) is 8.64. The van der Waals surface area contributed by atoms with Crippen LogP contribution in [0, 0.1) is 10.1 Å². The number of alkyl halides is 3. The van der Waals surface area contributed by atoms with Crippen molar-refractivity contribution in [2.75, 3.05) is 6.67 Å². The lowest BCUT2D eigenvalue weighted by molar-refractivity contribution is -0.462. The minimum absolute atomic E-state index is 0.285. The Balaban J connectivity index is 2.82. The van der Waals surface area contributed by atoms with Gasteiger partial charge in [-0.2, -0.15) is 0 Å². The molecule has 0 aromatic rings. The van der Waals surface area contributed by atoms with Crippen LogP contribution in [0.2, 0.25) is 0 Å². The Labute approximate surface area is 64.6 Å². The quantitative estimate of drug-likeness (QED) is 0.364. The predicted molar refractivity (Wildman–Crippen MR) is 31.0 cm³/mol. The number of nitrogens with one attached hydrogen (secondary N) is 1. The third-order valence-electron chi connectivity index (χ3n) is 1.25. The molecule has 0 spiro atoms. The van der Waals surface area contributed by atoms with E-state index in [0.717, 1.165) is 0 Å². The maximum Gasteiger partial charge on any atom is 0.564 e. The Hall–Kier alpha value is -1.47. The summed E-state index contributed by atoms with van der Waals surface area (Å²) in [6, 6.07) is 0. The Bertz CT molecular complexity index is 236. The number of hydrogen-bond acceptors (Lipinski definition) is 4. The van der Waals surface area contributed by atoms with Crippen LogP contribution < -0.4 is 5.32 Å². The summed E-state index contributed by atoms with van der Waals surface area (Å²) in [5.41, 5.74) is 0. The molecular formula is C4H4F3N3O2. The van der Waals surface area contributed by atoms with Crippen molar-refractivity contribution < 1.29 is 18.1 Å². The van der Waals surface area contributed by atoms with Crippen molar-refractivity contribution in [3.63, 3.8) is 0 Å². The minimum Gasteiger partial charge on any atom is -0.358 e. The molecular weight excluding hydrogens is 179 g/mol.